The maximum absolute atomic E-state index is 13.1. The number of hydrogen-bond acceptors (Lipinski definition) is 7. The third kappa shape index (κ3) is 6.96. The molecule has 0 aliphatic heterocycles. The lowest BCUT2D eigenvalue weighted by molar-refractivity contribution is -0.141. The minimum atomic E-state index is -0.557. The van der Waals surface area contributed by atoms with Gasteiger partial charge in [0.05, 0.1) is 31.2 Å². The van der Waals surface area contributed by atoms with E-state index in [0.717, 1.165) is 34.6 Å². The molecule has 0 radical (unpaired) electrons. The third-order valence-electron chi connectivity index (χ3n) is 7.01. The number of carbonyl (C=O) groups excluding carboxylic acids is 2. The van der Waals surface area contributed by atoms with Crippen LogP contribution in [0.25, 0.3) is 0 Å². The molecule has 0 saturated carbocycles. The molecule has 0 bridgehead atoms. The Bertz CT molecular complexity index is 1050. The van der Waals surface area contributed by atoms with Crippen molar-refractivity contribution in [3.8, 4) is 5.75 Å². The average Bonchev–Trinajstić information content (AvgIpc) is 3.20. The highest BCUT2D eigenvalue weighted by Crippen LogP contribution is 2.44. The van der Waals surface area contributed by atoms with Gasteiger partial charge in [-0.05, 0) is 68.0 Å². The molecule has 200 valence electrons. The number of ether oxygens (including phenoxy) is 2. The number of methoxy groups -OCH3 is 1. The standard InChI is InChI=1S/C29H43NO5S/c1-10-29(11-2,21-12-13-23(19(3)14-21)35-18-24(32)28(5,6)7)25-15-20(4)27(36-25)22(31)16-30(8)17-26(33)34-9/h12-15,24,32H,10-11,16-18H2,1-9H3. The molecule has 0 amide bonds. The summed E-state index contributed by atoms with van der Waals surface area (Å²) in [7, 11) is 3.09. The van der Waals surface area contributed by atoms with Crippen LogP contribution in [-0.2, 0) is 14.9 Å². The van der Waals surface area contributed by atoms with E-state index in [4.69, 9.17) is 9.47 Å². The van der Waals surface area contributed by atoms with Crippen LogP contribution in [0, 0.1) is 19.3 Å². The monoisotopic (exact) mass is 517 g/mol. The second-order valence-corrected chi connectivity index (χ2v) is 11.8. The van der Waals surface area contributed by atoms with Gasteiger partial charge in [-0.2, -0.15) is 0 Å². The van der Waals surface area contributed by atoms with E-state index in [1.54, 1.807) is 23.3 Å². The van der Waals surface area contributed by atoms with Gasteiger partial charge in [-0.3, -0.25) is 14.5 Å². The van der Waals surface area contributed by atoms with Crippen molar-refractivity contribution in [2.24, 2.45) is 5.41 Å². The molecule has 7 heteroatoms. The van der Waals surface area contributed by atoms with Gasteiger partial charge in [0.2, 0.25) is 0 Å². The molecule has 0 aliphatic carbocycles. The van der Waals surface area contributed by atoms with E-state index in [0.29, 0.717) is 0 Å². The SMILES string of the molecule is CCC(CC)(c1ccc(OCC(O)C(C)(C)C)c(C)c1)c1cc(C)c(C(=O)CN(C)CC(=O)OC)s1. The molecule has 1 unspecified atom stereocenters. The first-order valence-electron chi connectivity index (χ1n) is 12.6. The summed E-state index contributed by atoms with van der Waals surface area (Å²) in [5.41, 5.74) is 2.71. The fourth-order valence-corrected chi connectivity index (χ4v) is 5.79. The van der Waals surface area contributed by atoms with Crippen molar-refractivity contribution >= 4 is 23.1 Å². The van der Waals surface area contributed by atoms with Crippen LogP contribution in [0.2, 0.25) is 0 Å². The number of likely N-dealkylation sites (N-methyl/N-ethyl adjacent to an activating group) is 1. The molecule has 1 atom stereocenters. The number of aliphatic hydroxyl groups is 1. The largest absolute Gasteiger partial charge is 0.491 e. The maximum Gasteiger partial charge on any atom is 0.319 e. The molecule has 1 N–H and O–H groups in total. The number of ketones is 1. The summed E-state index contributed by atoms with van der Waals surface area (Å²) in [5.74, 6) is 0.421. The van der Waals surface area contributed by atoms with E-state index in [1.807, 2.05) is 40.7 Å². The predicted molar refractivity (Wildman–Crippen MR) is 146 cm³/mol. The van der Waals surface area contributed by atoms with Crippen molar-refractivity contribution in [1.82, 2.24) is 4.90 Å². The highest BCUT2D eigenvalue weighted by atomic mass is 32.1. The van der Waals surface area contributed by atoms with Gasteiger partial charge in [0.25, 0.3) is 0 Å². The summed E-state index contributed by atoms with van der Waals surface area (Å²) in [4.78, 5) is 28.2. The molecule has 0 saturated heterocycles. The molecule has 1 aromatic heterocycles. The number of aryl methyl sites for hydroxylation is 2. The molecule has 0 spiro atoms. The summed E-state index contributed by atoms with van der Waals surface area (Å²) in [6, 6.07) is 8.42. The molecule has 1 aromatic carbocycles. The smallest absolute Gasteiger partial charge is 0.319 e. The van der Waals surface area contributed by atoms with Gasteiger partial charge in [0.15, 0.2) is 5.78 Å². The summed E-state index contributed by atoms with van der Waals surface area (Å²) in [6.45, 7) is 14.8. The van der Waals surface area contributed by atoms with Gasteiger partial charge < -0.3 is 14.6 Å². The van der Waals surface area contributed by atoms with Gasteiger partial charge in [-0.25, -0.2) is 0 Å². The first-order valence-corrected chi connectivity index (χ1v) is 13.4. The molecule has 6 nitrogen and oxygen atoms in total. The number of benzene rings is 1. The van der Waals surface area contributed by atoms with Crippen LogP contribution >= 0.6 is 11.3 Å². The first kappa shape index (κ1) is 30.0. The fourth-order valence-electron chi connectivity index (χ4n) is 4.33. The van der Waals surface area contributed by atoms with E-state index in [-0.39, 0.29) is 42.3 Å². The van der Waals surface area contributed by atoms with Crippen molar-refractivity contribution in [2.75, 3.05) is 33.9 Å². The molecule has 2 aromatic rings. The van der Waals surface area contributed by atoms with E-state index < -0.39 is 6.10 Å². The van der Waals surface area contributed by atoms with E-state index >= 15 is 0 Å². The van der Waals surface area contributed by atoms with Crippen molar-refractivity contribution in [2.45, 2.75) is 72.8 Å². The Balaban J connectivity index is 2.32. The Labute approximate surface area is 220 Å². The van der Waals surface area contributed by atoms with Gasteiger partial charge in [-0.1, -0.05) is 46.8 Å². The minimum Gasteiger partial charge on any atom is -0.491 e. The predicted octanol–water partition coefficient (Wildman–Crippen LogP) is 5.54. The van der Waals surface area contributed by atoms with Gasteiger partial charge in [-0.15, -0.1) is 11.3 Å². The normalized spacial score (nSPS) is 13.1. The second-order valence-electron chi connectivity index (χ2n) is 10.8. The average molecular weight is 518 g/mol. The number of hydrogen-bond donors (Lipinski definition) is 1. The van der Waals surface area contributed by atoms with Gasteiger partial charge >= 0.3 is 5.97 Å². The number of esters is 1. The highest BCUT2D eigenvalue weighted by Gasteiger charge is 2.34. The first-order chi connectivity index (χ1) is 16.8. The summed E-state index contributed by atoms with van der Waals surface area (Å²) < 4.78 is 10.7. The maximum atomic E-state index is 13.1. The molecule has 1 heterocycles. The topological polar surface area (TPSA) is 76.1 Å². The van der Waals surface area contributed by atoms with Gasteiger partial charge in [0, 0.05) is 10.3 Å². The van der Waals surface area contributed by atoms with Crippen LogP contribution in [0.1, 0.15) is 78.7 Å². The zero-order chi connectivity index (χ0) is 27.3. The quantitative estimate of drug-likeness (QED) is 0.294. The van der Waals surface area contributed by atoms with Crippen LogP contribution < -0.4 is 4.74 Å². The molecule has 2 rings (SSSR count). The lowest BCUT2D eigenvalue weighted by Crippen LogP contribution is -2.32. The Hall–Kier alpha value is -2.22. The summed E-state index contributed by atoms with van der Waals surface area (Å²) >= 11 is 1.56. The Morgan fingerprint density at radius 2 is 1.69 bits per heavy atom. The third-order valence-corrected chi connectivity index (χ3v) is 8.50. The fraction of sp³-hybridized carbons (Fsp3) is 0.586. The van der Waals surface area contributed by atoms with Crippen LogP contribution in [-0.4, -0.2) is 61.7 Å². The van der Waals surface area contributed by atoms with Crippen molar-refractivity contribution < 1.29 is 24.2 Å². The number of thiophene rings is 1. The van der Waals surface area contributed by atoms with Crippen molar-refractivity contribution in [3.05, 3.63) is 50.7 Å². The summed E-state index contributed by atoms with van der Waals surface area (Å²) in [6.07, 6.45) is 1.22. The summed E-state index contributed by atoms with van der Waals surface area (Å²) in [5, 5.41) is 10.4. The lowest BCUT2D eigenvalue weighted by Gasteiger charge is -2.32. The molecule has 0 aliphatic rings. The van der Waals surface area contributed by atoms with Crippen LogP contribution in [0.5, 0.6) is 5.75 Å². The number of aliphatic hydroxyl groups excluding tert-OH is 1. The van der Waals surface area contributed by atoms with E-state index in [2.05, 4.69) is 32.0 Å². The molecular formula is C29H43NO5S. The number of carbonyl (C=O) groups is 2. The van der Waals surface area contributed by atoms with Crippen LogP contribution in [0.4, 0.5) is 0 Å². The lowest BCUT2D eigenvalue weighted by atomic mass is 9.74. The zero-order valence-electron chi connectivity index (χ0n) is 23.4. The second kappa shape index (κ2) is 12.3. The molecule has 36 heavy (non-hydrogen) atoms. The van der Waals surface area contributed by atoms with Crippen LogP contribution in [0.15, 0.2) is 24.3 Å². The number of nitrogens with zero attached hydrogens (tertiary/aromatic N) is 1. The van der Waals surface area contributed by atoms with Crippen LogP contribution in [0.3, 0.4) is 0 Å². The Kier molecular flexibility index (Phi) is 10.3. The molecule has 0 fully saturated rings. The van der Waals surface area contributed by atoms with Gasteiger partial charge in [0.1, 0.15) is 12.4 Å². The molecular weight excluding hydrogens is 474 g/mol. The zero-order valence-corrected chi connectivity index (χ0v) is 24.2. The number of rotatable bonds is 12. The highest BCUT2D eigenvalue weighted by molar-refractivity contribution is 7.14. The Morgan fingerprint density at radius 1 is 1.06 bits per heavy atom. The number of Topliss-reactive ketones (excluding diaryl/α,β-unsaturated/α-hetero) is 1. The Morgan fingerprint density at radius 3 is 2.22 bits per heavy atom. The minimum absolute atomic E-state index is 0.00796. The van der Waals surface area contributed by atoms with E-state index in [9.17, 15) is 14.7 Å². The van der Waals surface area contributed by atoms with E-state index in [1.165, 1.54) is 17.6 Å². The van der Waals surface area contributed by atoms with Crippen molar-refractivity contribution in [3.63, 3.8) is 0 Å². The van der Waals surface area contributed by atoms with Crippen molar-refractivity contribution in [1.29, 1.82) is 0 Å².